The molecule has 1 atom stereocenters. The number of nitrogens with one attached hydrogen (secondary N) is 1. The summed E-state index contributed by atoms with van der Waals surface area (Å²) in [6.07, 6.45) is 0.572. The second-order valence-electron chi connectivity index (χ2n) is 6.01. The van der Waals surface area contributed by atoms with Crippen LogP contribution >= 0.6 is 0 Å². The molecule has 0 unspecified atom stereocenters. The van der Waals surface area contributed by atoms with Crippen LogP contribution in [0.3, 0.4) is 0 Å². The number of alkyl halides is 2. The number of likely N-dealkylation sites (N-methyl/N-ethyl adjacent to an activating group) is 1. The van der Waals surface area contributed by atoms with Gasteiger partial charge >= 0.3 is 6.61 Å². The van der Waals surface area contributed by atoms with Crippen molar-refractivity contribution in [2.24, 2.45) is 0 Å². The van der Waals surface area contributed by atoms with Crippen LogP contribution in [-0.2, 0) is 11.3 Å². The number of hydrogen-bond acceptors (Lipinski definition) is 6. The molecule has 0 fully saturated rings. The van der Waals surface area contributed by atoms with Crippen LogP contribution in [0.5, 0.6) is 11.5 Å². The van der Waals surface area contributed by atoms with Gasteiger partial charge in [0.25, 0.3) is 0 Å². The van der Waals surface area contributed by atoms with Crippen LogP contribution in [0.1, 0.15) is 24.7 Å². The monoisotopic (exact) mass is 383 g/mol. The molecule has 0 aliphatic rings. The minimum Gasteiger partial charge on any atom is -0.493 e. The van der Waals surface area contributed by atoms with Crippen molar-refractivity contribution in [1.82, 2.24) is 10.1 Å². The van der Waals surface area contributed by atoms with Gasteiger partial charge in [0.15, 0.2) is 17.3 Å². The smallest absolute Gasteiger partial charge is 0.387 e. The van der Waals surface area contributed by atoms with E-state index < -0.39 is 12.7 Å². The Morgan fingerprint density at radius 2 is 2.07 bits per heavy atom. The number of methoxy groups -OCH3 is 1. The first kappa shape index (κ1) is 20.6. The van der Waals surface area contributed by atoms with E-state index in [1.165, 1.54) is 13.2 Å². The van der Waals surface area contributed by atoms with E-state index in [0.29, 0.717) is 24.5 Å². The fraction of sp³-hybridized carbons (Fsp3) is 0.444. The Kier molecular flexibility index (Phi) is 7.12. The third kappa shape index (κ3) is 5.65. The highest BCUT2D eigenvalue weighted by Gasteiger charge is 2.23. The summed E-state index contributed by atoms with van der Waals surface area (Å²) in [5.74, 6) is 0.921. The van der Waals surface area contributed by atoms with Crippen LogP contribution in [0.2, 0.25) is 0 Å². The van der Waals surface area contributed by atoms with E-state index in [1.807, 2.05) is 11.8 Å². The SMILES string of the molecule is CC[C@H](C(=O)Nc1cc(C)on1)N(C)Cc1ccc(OC(F)F)c(OC)c1. The van der Waals surface area contributed by atoms with Crippen molar-refractivity contribution < 1.29 is 27.6 Å². The molecule has 7 nitrogen and oxygen atoms in total. The minimum absolute atomic E-state index is 0.0370. The van der Waals surface area contributed by atoms with E-state index >= 15 is 0 Å². The van der Waals surface area contributed by atoms with Crippen LogP contribution in [0.15, 0.2) is 28.8 Å². The summed E-state index contributed by atoms with van der Waals surface area (Å²) in [7, 11) is 3.18. The molecule has 0 saturated heterocycles. The summed E-state index contributed by atoms with van der Waals surface area (Å²) in [6, 6.07) is 5.91. The van der Waals surface area contributed by atoms with Gasteiger partial charge in [0.1, 0.15) is 5.76 Å². The van der Waals surface area contributed by atoms with Crippen molar-refractivity contribution in [3.8, 4) is 11.5 Å². The largest absolute Gasteiger partial charge is 0.493 e. The predicted octanol–water partition coefficient (Wildman–Crippen LogP) is 3.44. The number of aromatic nitrogens is 1. The van der Waals surface area contributed by atoms with Gasteiger partial charge in [0.05, 0.1) is 13.2 Å². The summed E-state index contributed by atoms with van der Waals surface area (Å²) < 4.78 is 39.3. The molecule has 0 spiro atoms. The molecule has 0 radical (unpaired) electrons. The average Bonchev–Trinajstić information content (AvgIpc) is 3.01. The molecule has 1 N–H and O–H groups in total. The lowest BCUT2D eigenvalue weighted by atomic mass is 10.1. The number of benzene rings is 1. The zero-order valence-electron chi connectivity index (χ0n) is 15.7. The van der Waals surface area contributed by atoms with Crippen molar-refractivity contribution in [1.29, 1.82) is 0 Å². The number of rotatable bonds is 9. The molecular weight excluding hydrogens is 360 g/mol. The highest BCUT2D eigenvalue weighted by Crippen LogP contribution is 2.30. The van der Waals surface area contributed by atoms with Gasteiger partial charge < -0.3 is 19.3 Å². The number of nitrogens with zero attached hydrogens (tertiary/aromatic N) is 2. The molecule has 1 aromatic carbocycles. The van der Waals surface area contributed by atoms with Gasteiger partial charge in [-0.05, 0) is 38.1 Å². The lowest BCUT2D eigenvalue weighted by Crippen LogP contribution is -2.41. The number of anilines is 1. The summed E-state index contributed by atoms with van der Waals surface area (Å²) in [5.41, 5.74) is 0.791. The Morgan fingerprint density at radius 1 is 1.33 bits per heavy atom. The van der Waals surface area contributed by atoms with Gasteiger partial charge in [-0.15, -0.1) is 0 Å². The third-order valence-corrected chi connectivity index (χ3v) is 3.98. The van der Waals surface area contributed by atoms with Gasteiger partial charge in [-0.1, -0.05) is 18.1 Å². The molecular formula is C18H23F2N3O4. The maximum Gasteiger partial charge on any atom is 0.387 e. The maximum absolute atomic E-state index is 12.5. The van der Waals surface area contributed by atoms with E-state index in [2.05, 4.69) is 15.2 Å². The molecule has 148 valence electrons. The number of carbonyl (C=O) groups excluding carboxylic acids is 1. The molecule has 0 aliphatic carbocycles. The highest BCUT2D eigenvalue weighted by atomic mass is 19.3. The number of halogens is 2. The van der Waals surface area contributed by atoms with E-state index in [0.717, 1.165) is 5.56 Å². The molecule has 0 saturated carbocycles. The Hall–Kier alpha value is -2.68. The standard InChI is InChI=1S/C18H23F2N3O4/c1-5-13(17(24)21-16-8-11(2)27-22-16)23(3)10-12-6-7-14(26-18(19)20)15(9-12)25-4/h6-9,13,18H,5,10H2,1-4H3,(H,21,22,24)/t13-/m1/s1. The number of aryl methyl sites for hydroxylation is 1. The first-order valence-corrected chi connectivity index (χ1v) is 8.40. The molecule has 1 aromatic heterocycles. The Bertz CT molecular complexity index is 767. The minimum atomic E-state index is -2.93. The van der Waals surface area contributed by atoms with E-state index in [-0.39, 0.29) is 17.4 Å². The van der Waals surface area contributed by atoms with Crippen LogP contribution in [0.25, 0.3) is 0 Å². The van der Waals surface area contributed by atoms with Gasteiger partial charge in [-0.2, -0.15) is 8.78 Å². The fourth-order valence-corrected chi connectivity index (χ4v) is 2.73. The lowest BCUT2D eigenvalue weighted by Gasteiger charge is -2.26. The molecule has 0 bridgehead atoms. The third-order valence-electron chi connectivity index (χ3n) is 3.98. The number of amides is 1. The average molecular weight is 383 g/mol. The fourth-order valence-electron chi connectivity index (χ4n) is 2.73. The molecule has 0 aliphatic heterocycles. The van der Waals surface area contributed by atoms with Crippen molar-refractivity contribution in [3.05, 3.63) is 35.6 Å². The Morgan fingerprint density at radius 3 is 2.63 bits per heavy atom. The summed E-state index contributed by atoms with van der Waals surface area (Å²) in [6.45, 7) is 1.12. The number of hydrogen-bond donors (Lipinski definition) is 1. The molecule has 1 amide bonds. The molecule has 2 rings (SSSR count). The maximum atomic E-state index is 12.5. The Labute approximate surface area is 156 Å². The van der Waals surface area contributed by atoms with Crippen LogP contribution < -0.4 is 14.8 Å². The number of carbonyl (C=O) groups is 1. The first-order valence-electron chi connectivity index (χ1n) is 8.40. The second kappa shape index (κ2) is 9.31. The summed E-state index contributed by atoms with van der Waals surface area (Å²) in [4.78, 5) is 14.4. The van der Waals surface area contributed by atoms with E-state index in [1.54, 1.807) is 32.2 Å². The van der Waals surface area contributed by atoms with Crippen LogP contribution in [0, 0.1) is 6.92 Å². The van der Waals surface area contributed by atoms with Crippen molar-refractivity contribution >= 4 is 11.7 Å². The summed E-state index contributed by atoms with van der Waals surface area (Å²) in [5, 5.41) is 6.47. The highest BCUT2D eigenvalue weighted by molar-refractivity contribution is 5.93. The normalized spacial score (nSPS) is 12.3. The molecule has 27 heavy (non-hydrogen) atoms. The molecule has 2 aromatic rings. The first-order chi connectivity index (χ1) is 12.8. The topological polar surface area (TPSA) is 76.8 Å². The van der Waals surface area contributed by atoms with Gasteiger partial charge in [0, 0.05) is 12.6 Å². The molecule has 1 heterocycles. The lowest BCUT2D eigenvalue weighted by molar-refractivity contribution is -0.121. The Balaban J connectivity index is 2.06. The summed E-state index contributed by atoms with van der Waals surface area (Å²) >= 11 is 0. The van der Waals surface area contributed by atoms with Crippen LogP contribution in [-0.4, -0.2) is 42.8 Å². The van der Waals surface area contributed by atoms with Crippen molar-refractivity contribution in [2.45, 2.75) is 39.5 Å². The van der Waals surface area contributed by atoms with Crippen molar-refractivity contribution in [2.75, 3.05) is 19.5 Å². The number of ether oxygens (including phenoxy) is 2. The zero-order chi connectivity index (χ0) is 20.0. The van der Waals surface area contributed by atoms with Gasteiger partial charge in [0.2, 0.25) is 5.91 Å². The van der Waals surface area contributed by atoms with Gasteiger partial charge in [-0.25, -0.2) is 0 Å². The second-order valence-corrected chi connectivity index (χ2v) is 6.01. The van der Waals surface area contributed by atoms with Crippen molar-refractivity contribution in [3.63, 3.8) is 0 Å². The quantitative estimate of drug-likeness (QED) is 0.715. The van der Waals surface area contributed by atoms with E-state index in [9.17, 15) is 13.6 Å². The van der Waals surface area contributed by atoms with Gasteiger partial charge in [-0.3, -0.25) is 9.69 Å². The van der Waals surface area contributed by atoms with E-state index in [4.69, 9.17) is 9.26 Å². The molecule has 9 heteroatoms. The van der Waals surface area contributed by atoms with Crippen LogP contribution in [0.4, 0.5) is 14.6 Å². The predicted molar refractivity (Wildman–Crippen MR) is 95.0 cm³/mol. The zero-order valence-corrected chi connectivity index (χ0v) is 15.7.